The van der Waals surface area contributed by atoms with E-state index in [1.165, 1.54) is 24.3 Å². The number of amides is 2. The summed E-state index contributed by atoms with van der Waals surface area (Å²) in [7, 11) is 0. The zero-order valence-corrected chi connectivity index (χ0v) is 23.7. The SMILES string of the molecule is Cc1c(-c2ncn[nH]2)ccc2c1CC[C@@H]2NC(=O)c1cc(C(=O)NCc2ccc3c(c2)CN(c2c(N)c(=O)c2=O)C3)ncn1. The molecule has 0 fully saturated rings. The molecule has 3 aromatic carbocycles. The molecule has 2 amide bonds. The summed E-state index contributed by atoms with van der Waals surface area (Å²) in [5, 5.41) is 12.7. The van der Waals surface area contributed by atoms with Gasteiger partial charge in [-0.25, -0.2) is 15.0 Å². The first-order valence-corrected chi connectivity index (χ1v) is 14.1. The summed E-state index contributed by atoms with van der Waals surface area (Å²) in [5.41, 5.74) is 12.2. The largest absolute Gasteiger partial charge is 0.394 e. The highest BCUT2D eigenvalue weighted by Crippen LogP contribution is 2.37. The van der Waals surface area contributed by atoms with Gasteiger partial charge in [0.15, 0.2) is 5.82 Å². The third-order valence-corrected chi connectivity index (χ3v) is 8.48. The Hall–Kier alpha value is -5.72. The molecule has 2 aromatic heterocycles. The second-order valence-corrected chi connectivity index (χ2v) is 11.1. The van der Waals surface area contributed by atoms with E-state index < -0.39 is 16.8 Å². The van der Waals surface area contributed by atoms with Crippen LogP contribution < -0.4 is 32.1 Å². The number of rotatable bonds is 7. The van der Waals surface area contributed by atoms with Crippen molar-refractivity contribution in [2.75, 3.05) is 10.6 Å². The lowest BCUT2D eigenvalue weighted by molar-refractivity contribution is 0.0931. The lowest BCUT2D eigenvalue weighted by Gasteiger charge is -2.19. The Balaban J connectivity index is 0.987. The molecule has 1 atom stereocenters. The molecule has 2 aliphatic rings. The number of H-pyrrole nitrogens is 1. The summed E-state index contributed by atoms with van der Waals surface area (Å²) in [6.07, 6.45) is 4.24. The number of nitrogens with zero attached hydrogens (tertiary/aromatic N) is 5. The van der Waals surface area contributed by atoms with Gasteiger partial charge in [-0.2, -0.15) is 5.10 Å². The van der Waals surface area contributed by atoms with Gasteiger partial charge >= 0.3 is 0 Å². The number of hydrogen-bond donors (Lipinski definition) is 4. The molecule has 44 heavy (non-hydrogen) atoms. The molecule has 3 heterocycles. The van der Waals surface area contributed by atoms with Gasteiger partial charge in [-0.15, -0.1) is 0 Å². The highest BCUT2D eigenvalue weighted by atomic mass is 16.2. The number of aromatic amines is 1. The number of aromatic nitrogens is 5. The van der Waals surface area contributed by atoms with Gasteiger partial charge in [-0.3, -0.25) is 24.3 Å². The summed E-state index contributed by atoms with van der Waals surface area (Å²) < 4.78 is 0. The van der Waals surface area contributed by atoms with Crippen LogP contribution in [0.2, 0.25) is 0 Å². The second kappa shape index (κ2) is 10.5. The van der Waals surface area contributed by atoms with Gasteiger partial charge in [0.05, 0.1) is 6.04 Å². The lowest BCUT2D eigenvalue weighted by atomic mass is 9.97. The monoisotopic (exact) mass is 589 g/mol. The summed E-state index contributed by atoms with van der Waals surface area (Å²) in [6, 6.07) is 11.0. The van der Waals surface area contributed by atoms with Crippen LogP contribution in [0.3, 0.4) is 0 Å². The highest BCUT2D eigenvalue weighted by Gasteiger charge is 2.29. The van der Waals surface area contributed by atoms with Crippen molar-refractivity contribution in [2.45, 2.75) is 45.4 Å². The number of fused-ring (bicyclic) bond motifs is 2. The number of nitrogens with two attached hydrogens (primary N) is 1. The summed E-state index contributed by atoms with van der Waals surface area (Å²) in [5.74, 6) is -0.125. The van der Waals surface area contributed by atoms with Crippen LogP contribution in [0.15, 0.2) is 58.6 Å². The van der Waals surface area contributed by atoms with E-state index in [1.54, 1.807) is 4.90 Å². The third kappa shape index (κ3) is 4.58. The smallest absolute Gasteiger partial charge is 0.270 e. The number of carbonyl (C=O) groups excluding carboxylic acids is 2. The first-order chi connectivity index (χ1) is 21.3. The van der Waals surface area contributed by atoms with Gasteiger partial charge in [-0.1, -0.05) is 30.3 Å². The van der Waals surface area contributed by atoms with Crippen LogP contribution in [0.1, 0.15) is 66.8 Å². The summed E-state index contributed by atoms with van der Waals surface area (Å²) in [6.45, 7) is 3.21. The summed E-state index contributed by atoms with van der Waals surface area (Å²) in [4.78, 5) is 63.8. The number of carbonyl (C=O) groups is 2. The van der Waals surface area contributed by atoms with Crippen molar-refractivity contribution in [3.05, 3.63) is 114 Å². The Morgan fingerprint density at radius 1 is 0.977 bits per heavy atom. The van der Waals surface area contributed by atoms with Gasteiger partial charge in [-0.05, 0) is 53.1 Å². The van der Waals surface area contributed by atoms with Crippen molar-refractivity contribution >= 4 is 23.2 Å². The molecule has 7 rings (SSSR count). The van der Waals surface area contributed by atoms with Gasteiger partial charge in [0, 0.05) is 31.3 Å². The van der Waals surface area contributed by atoms with Crippen molar-refractivity contribution in [2.24, 2.45) is 0 Å². The van der Waals surface area contributed by atoms with E-state index in [-0.39, 0.29) is 41.3 Å². The van der Waals surface area contributed by atoms with Gasteiger partial charge in [0.2, 0.25) is 0 Å². The standard InChI is InChI=1S/C31H27N9O4/c1-15-19-6-7-22(21(19)5-4-20(15)29-36-14-37-39-29)38-31(44)24-9-23(34-13-35-24)30(43)33-10-16-2-3-17-11-40(12-18(17)8-16)26-25(32)27(41)28(26)42/h2-5,8-9,13-14,22H,6-7,10-12,32H2,1H3,(H,33,43)(H,38,44)(H,36,37,39)/t22-/m0/s1. The van der Waals surface area contributed by atoms with Crippen LogP contribution in [0.25, 0.3) is 11.4 Å². The fraction of sp³-hybridized carbons (Fsp3) is 0.226. The first kappa shape index (κ1) is 27.1. The molecule has 0 radical (unpaired) electrons. The van der Waals surface area contributed by atoms with Crippen LogP contribution in [0.5, 0.6) is 0 Å². The summed E-state index contributed by atoms with van der Waals surface area (Å²) >= 11 is 0. The topological polar surface area (TPSA) is 189 Å². The Morgan fingerprint density at radius 2 is 1.77 bits per heavy atom. The average molecular weight is 590 g/mol. The average Bonchev–Trinajstić information content (AvgIpc) is 3.81. The number of nitrogens with one attached hydrogen (secondary N) is 3. The normalized spacial score (nSPS) is 15.3. The van der Waals surface area contributed by atoms with Crippen molar-refractivity contribution in [3.63, 3.8) is 0 Å². The fourth-order valence-corrected chi connectivity index (χ4v) is 6.16. The van der Waals surface area contributed by atoms with Gasteiger partial charge < -0.3 is 21.3 Å². The van der Waals surface area contributed by atoms with E-state index >= 15 is 0 Å². The van der Waals surface area contributed by atoms with E-state index in [1.807, 2.05) is 37.3 Å². The van der Waals surface area contributed by atoms with Crippen LogP contribution >= 0.6 is 0 Å². The number of benzene rings is 2. The maximum absolute atomic E-state index is 13.2. The van der Waals surface area contributed by atoms with Crippen LogP contribution in [0.4, 0.5) is 11.4 Å². The molecule has 0 bridgehead atoms. The Kier molecular flexibility index (Phi) is 6.49. The zero-order chi connectivity index (χ0) is 30.5. The molecule has 0 saturated carbocycles. The molecular formula is C31H27N9O4. The Bertz CT molecular complexity index is 2030. The minimum atomic E-state index is -0.637. The maximum atomic E-state index is 13.2. The number of anilines is 2. The maximum Gasteiger partial charge on any atom is 0.270 e. The van der Waals surface area contributed by atoms with E-state index in [9.17, 15) is 19.2 Å². The molecule has 0 saturated heterocycles. The van der Waals surface area contributed by atoms with Crippen molar-refractivity contribution in [1.82, 2.24) is 35.8 Å². The molecule has 1 aliphatic carbocycles. The number of nitrogen functional groups attached to an aromatic ring is 1. The van der Waals surface area contributed by atoms with Gasteiger partial charge in [0.1, 0.15) is 35.4 Å². The molecule has 5 N–H and O–H groups in total. The van der Waals surface area contributed by atoms with Gasteiger partial charge in [0.25, 0.3) is 22.7 Å². The quantitative estimate of drug-likeness (QED) is 0.203. The molecule has 5 aromatic rings. The predicted molar refractivity (Wildman–Crippen MR) is 160 cm³/mol. The Labute approximate surface area is 250 Å². The van der Waals surface area contributed by atoms with E-state index in [2.05, 4.69) is 35.8 Å². The minimum Gasteiger partial charge on any atom is -0.394 e. The predicted octanol–water partition coefficient (Wildman–Crippen LogP) is 1.62. The van der Waals surface area contributed by atoms with Crippen molar-refractivity contribution in [1.29, 1.82) is 0 Å². The molecule has 0 unspecified atom stereocenters. The van der Waals surface area contributed by atoms with E-state index in [0.717, 1.165) is 46.2 Å². The van der Waals surface area contributed by atoms with Crippen LogP contribution in [-0.4, -0.2) is 37.0 Å². The zero-order valence-electron chi connectivity index (χ0n) is 23.7. The molecule has 1 aliphatic heterocycles. The fourth-order valence-electron chi connectivity index (χ4n) is 6.16. The lowest BCUT2D eigenvalue weighted by Crippen LogP contribution is -2.40. The van der Waals surface area contributed by atoms with Crippen molar-refractivity contribution in [3.8, 4) is 11.4 Å². The van der Waals surface area contributed by atoms with Crippen LogP contribution in [0, 0.1) is 6.92 Å². The third-order valence-electron chi connectivity index (χ3n) is 8.48. The minimum absolute atomic E-state index is 0.00835. The molecule has 13 nitrogen and oxygen atoms in total. The number of hydrogen-bond acceptors (Lipinski definition) is 10. The highest BCUT2D eigenvalue weighted by molar-refractivity contribution is 5.97. The molecule has 220 valence electrons. The molecular weight excluding hydrogens is 562 g/mol. The first-order valence-electron chi connectivity index (χ1n) is 14.1. The van der Waals surface area contributed by atoms with E-state index in [0.29, 0.717) is 18.9 Å². The Morgan fingerprint density at radius 3 is 2.55 bits per heavy atom. The van der Waals surface area contributed by atoms with Crippen molar-refractivity contribution < 1.29 is 9.59 Å². The molecule has 13 heteroatoms. The second-order valence-electron chi connectivity index (χ2n) is 11.1. The van der Waals surface area contributed by atoms with Crippen LogP contribution in [-0.2, 0) is 26.1 Å². The van der Waals surface area contributed by atoms with E-state index in [4.69, 9.17) is 5.73 Å². The molecule has 0 spiro atoms.